The lowest BCUT2D eigenvalue weighted by Crippen LogP contribution is -2.40. The first-order chi connectivity index (χ1) is 9.03. The summed E-state index contributed by atoms with van der Waals surface area (Å²) in [5, 5.41) is 2.56. The van der Waals surface area contributed by atoms with Crippen LogP contribution in [0.5, 0.6) is 0 Å². The Morgan fingerprint density at radius 2 is 1.89 bits per heavy atom. The zero-order valence-corrected chi connectivity index (χ0v) is 12.2. The van der Waals surface area contributed by atoms with Gasteiger partial charge in [-0.15, -0.1) is 0 Å². The van der Waals surface area contributed by atoms with Crippen molar-refractivity contribution in [1.29, 1.82) is 0 Å². The largest absolute Gasteiger partial charge is 0.359 e. The van der Waals surface area contributed by atoms with Crippen LogP contribution >= 0.6 is 0 Å². The molecule has 0 aromatic carbocycles. The Bertz CT molecular complexity index is 312. The van der Waals surface area contributed by atoms with Crippen LogP contribution in [0.3, 0.4) is 0 Å². The zero-order chi connectivity index (χ0) is 14.3. The number of nitrogens with two attached hydrogens (primary N) is 1. The van der Waals surface area contributed by atoms with Crippen LogP contribution in [-0.4, -0.2) is 43.9 Å². The third-order valence-electron chi connectivity index (χ3n) is 4.25. The predicted octanol–water partition coefficient (Wildman–Crippen LogP) is 0.880. The normalized spacial score (nSPS) is 17.8. The highest BCUT2D eigenvalue weighted by Gasteiger charge is 2.33. The topological polar surface area (TPSA) is 75.4 Å². The number of nitrogens with one attached hydrogen (secondary N) is 1. The second-order valence-corrected chi connectivity index (χ2v) is 5.68. The summed E-state index contributed by atoms with van der Waals surface area (Å²) < 4.78 is 0. The Morgan fingerprint density at radius 1 is 1.26 bits per heavy atom. The van der Waals surface area contributed by atoms with E-state index in [1.807, 2.05) is 0 Å². The number of hydrogen-bond donors (Lipinski definition) is 2. The predicted molar refractivity (Wildman–Crippen MR) is 75.5 cm³/mol. The molecule has 0 aliphatic heterocycles. The standard InChI is InChI=1S/C14H27N3O2/c1-16-12(18)6-9-17(2)13(19)10-14(11-15)7-4-3-5-8-14/h3-11,15H2,1-2H3,(H,16,18). The first kappa shape index (κ1) is 16.0. The molecule has 0 radical (unpaired) electrons. The number of carbonyl (C=O) groups excluding carboxylic acids is 2. The molecule has 1 aliphatic carbocycles. The van der Waals surface area contributed by atoms with Crippen LogP contribution in [0.4, 0.5) is 0 Å². The van der Waals surface area contributed by atoms with Gasteiger partial charge in [0.15, 0.2) is 0 Å². The van der Waals surface area contributed by atoms with Gasteiger partial charge in [0.1, 0.15) is 0 Å². The lowest BCUT2D eigenvalue weighted by atomic mass is 9.71. The molecule has 0 heterocycles. The van der Waals surface area contributed by atoms with E-state index in [1.165, 1.54) is 19.3 Å². The summed E-state index contributed by atoms with van der Waals surface area (Å²) in [7, 11) is 3.37. The van der Waals surface area contributed by atoms with Crippen LogP contribution in [-0.2, 0) is 9.59 Å². The van der Waals surface area contributed by atoms with Crippen LogP contribution < -0.4 is 11.1 Å². The molecule has 0 atom stereocenters. The van der Waals surface area contributed by atoms with Crippen molar-refractivity contribution in [2.75, 3.05) is 27.2 Å². The van der Waals surface area contributed by atoms with Crippen molar-refractivity contribution in [1.82, 2.24) is 10.2 Å². The quantitative estimate of drug-likeness (QED) is 0.751. The minimum atomic E-state index is -0.0362. The third kappa shape index (κ3) is 4.82. The molecule has 5 nitrogen and oxygen atoms in total. The Balaban J connectivity index is 2.45. The van der Waals surface area contributed by atoms with Crippen molar-refractivity contribution in [2.45, 2.75) is 44.9 Å². The molecule has 19 heavy (non-hydrogen) atoms. The second-order valence-electron chi connectivity index (χ2n) is 5.68. The first-order valence-electron chi connectivity index (χ1n) is 7.17. The molecule has 5 heteroatoms. The lowest BCUT2D eigenvalue weighted by molar-refractivity contribution is -0.133. The molecule has 110 valence electrons. The Labute approximate surface area is 115 Å². The summed E-state index contributed by atoms with van der Waals surface area (Å²) >= 11 is 0. The van der Waals surface area contributed by atoms with E-state index in [2.05, 4.69) is 5.32 Å². The van der Waals surface area contributed by atoms with Crippen molar-refractivity contribution in [3.8, 4) is 0 Å². The summed E-state index contributed by atoms with van der Waals surface area (Å²) in [6.07, 6.45) is 6.58. The molecule has 2 amide bonds. The maximum absolute atomic E-state index is 12.2. The molecule has 0 aromatic heterocycles. The van der Waals surface area contributed by atoms with Crippen LogP contribution in [0.25, 0.3) is 0 Å². The van der Waals surface area contributed by atoms with Gasteiger partial charge in [0, 0.05) is 33.5 Å². The van der Waals surface area contributed by atoms with E-state index in [1.54, 1.807) is 19.0 Å². The van der Waals surface area contributed by atoms with Crippen LogP contribution in [0.1, 0.15) is 44.9 Å². The van der Waals surface area contributed by atoms with Gasteiger partial charge in [-0.2, -0.15) is 0 Å². The molecular weight excluding hydrogens is 242 g/mol. The smallest absolute Gasteiger partial charge is 0.222 e. The molecule has 1 fully saturated rings. The molecule has 3 N–H and O–H groups in total. The molecule has 1 aliphatic rings. The number of nitrogens with zero attached hydrogens (tertiary/aromatic N) is 1. The summed E-state index contributed by atoms with van der Waals surface area (Å²) in [6, 6.07) is 0. The summed E-state index contributed by atoms with van der Waals surface area (Å²) in [6.45, 7) is 1.06. The summed E-state index contributed by atoms with van der Waals surface area (Å²) in [5.74, 6) is 0.0714. The van der Waals surface area contributed by atoms with E-state index in [-0.39, 0.29) is 17.2 Å². The van der Waals surface area contributed by atoms with Gasteiger partial charge in [-0.3, -0.25) is 9.59 Å². The second kappa shape index (κ2) is 7.48. The molecule has 0 unspecified atom stereocenters. The monoisotopic (exact) mass is 269 g/mol. The van der Waals surface area contributed by atoms with Crippen molar-refractivity contribution in [2.24, 2.45) is 11.1 Å². The van der Waals surface area contributed by atoms with E-state index in [0.717, 1.165) is 12.8 Å². The van der Waals surface area contributed by atoms with Gasteiger partial charge in [0.2, 0.25) is 11.8 Å². The first-order valence-corrected chi connectivity index (χ1v) is 7.17. The van der Waals surface area contributed by atoms with Gasteiger partial charge in [-0.1, -0.05) is 19.3 Å². The van der Waals surface area contributed by atoms with Gasteiger partial charge >= 0.3 is 0 Å². The maximum atomic E-state index is 12.2. The van der Waals surface area contributed by atoms with E-state index >= 15 is 0 Å². The van der Waals surface area contributed by atoms with E-state index in [9.17, 15) is 9.59 Å². The average Bonchev–Trinajstić information content (AvgIpc) is 2.45. The molecule has 0 aromatic rings. The van der Waals surface area contributed by atoms with Crippen molar-refractivity contribution < 1.29 is 9.59 Å². The average molecular weight is 269 g/mol. The summed E-state index contributed by atoms with van der Waals surface area (Å²) in [4.78, 5) is 25.0. The number of rotatable bonds is 6. The maximum Gasteiger partial charge on any atom is 0.222 e. The molecular formula is C14H27N3O2. The number of amides is 2. The highest BCUT2D eigenvalue weighted by molar-refractivity contribution is 5.79. The minimum absolute atomic E-state index is 0.00336. The van der Waals surface area contributed by atoms with Gasteiger partial charge in [0.05, 0.1) is 0 Å². The lowest BCUT2D eigenvalue weighted by Gasteiger charge is -2.36. The van der Waals surface area contributed by atoms with Gasteiger partial charge < -0.3 is 16.0 Å². The van der Waals surface area contributed by atoms with E-state index < -0.39 is 0 Å². The van der Waals surface area contributed by atoms with Gasteiger partial charge in [-0.25, -0.2) is 0 Å². The highest BCUT2D eigenvalue weighted by atomic mass is 16.2. The zero-order valence-electron chi connectivity index (χ0n) is 12.2. The SMILES string of the molecule is CNC(=O)CCN(C)C(=O)CC1(CN)CCCCC1. The fourth-order valence-electron chi connectivity index (χ4n) is 2.73. The van der Waals surface area contributed by atoms with Crippen LogP contribution in [0.2, 0.25) is 0 Å². The van der Waals surface area contributed by atoms with Crippen molar-refractivity contribution in [3.63, 3.8) is 0 Å². The minimum Gasteiger partial charge on any atom is -0.359 e. The molecule has 0 spiro atoms. The third-order valence-corrected chi connectivity index (χ3v) is 4.25. The molecule has 0 bridgehead atoms. The van der Waals surface area contributed by atoms with Crippen molar-refractivity contribution in [3.05, 3.63) is 0 Å². The fraction of sp³-hybridized carbons (Fsp3) is 0.857. The fourth-order valence-corrected chi connectivity index (χ4v) is 2.73. The van der Waals surface area contributed by atoms with Crippen LogP contribution in [0.15, 0.2) is 0 Å². The highest BCUT2D eigenvalue weighted by Crippen LogP contribution is 2.38. The van der Waals surface area contributed by atoms with Crippen molar-refractivity contribution >= 4 is 11.8 Å². The Morgan fingerprint density at radius 3 is 2.42 bits per heavy atom. The van der Waals surface area contributed by atoms with E-state index in [0.29, 0.717) is 25.9 Å². The Kier molecular flexibility index (Phi) is 6.28. The number of hydrogen-bond acceptors (Lipinski definition) is 3. The van der Waals surface area contributed by atoms with Crippen LogP contribution in [0, 0.1) is 5.41 Å². The number of carbonyl (C=O) groups is 2. The molecule has 1 saturated carbocycles. The molecule has 0 saturated heterocycles. The Hall–Kier alpha value is -1.10. The molecule has 1 rings (SSSR count). The van der Waals surface area contributed by atoms with Gasteiger partial charge in [0.25, 0.3) is 0 Å². The van der Waals surface area contributed by atoms with Gasteiger partial charge in [-0.05, 0) is 24.8 Å². The van der Waals surface area contributed by atoms with E-state index in [4.69, 9.17) is 5.73 Å². The summed E-state index contributed by atoms with van der Waals surface area (Å²) in [5.41, 5.74) is 5.89.